The van der Waals surface area contributed by atoms with Crippen LogP contribution in [-0.4, -0.2) is 40.5 Å². The van der Waals surface area contributed by atoms with Gasteiger partial charge in [-0.15, -0.1) is 0 Å². The van der Waals surface area contributed by atoms with Crippen molar-refractivity contribution in [3.63, 3.8) is 0 Å². The third-order valence-corrected chi connectivity index (χ3v) is 2.56. The molecule has 0 saturated heterocycles. The summed E-state index contributed by atoms with van der Waals surface area (Å²) in [6.07, 6.45) is 3.46. The highest BCUT2D eigenvalue weighted by atomic mass is 16.3. The molecule has 1 aromatic rings. The smallest absolute Gasteiger partial charge is 0.191 e. The second-order valence-electron chi connectivity index (χ2n) is 4.40. The first-order valence-corrected chi connectivity index (χ1v) is 6.23. The van der Waals surface area contributed by atoms with Crippen LogP contribution >= 0.6 is 0 Å². The van der Waals surface area contributed by atoms with Crippen molar-refractivity contribution < 1.29 is 5.11 Å². The van der Waals surface area contributed by atoms with Crippen LogP contribution < -0.4 is 10.6 Å². The zero-order chi connectivity index (χ0) is 13.6. The quantitative estimate of drug-likeness (QED) is 0.518. The van der Waals surface area contributed by atoms with E-state index in [1.54, 1.807) is 24.0 Å². The van der Waals surface area contributed by atoms with Crippen LogP contribution in [0.2, 0.25) is 0 Å². The summed E-state index contributed by atoms with van der Waals surface area (Å²) in [5, 5.41) is 20.7. The van der Waals surface area contributed by atoms with E-state index in [1.165, 1.54) is 0 Å². The molecule has 6 heteroatoms. The van der Waals surface area contributed by atoms with Gasteiger partial charge in [0.15, 0.2) is 5.96 Å². The van der Waals surface area contributed by atoms with E-state index in [-0.39, 0.29) is 6.54 Å². The molecule has 0 saturated carbocycles. The average Bonchev–Trinajstić information content (AvgIpc) is 2.74. The molecule has 0 aliphatic rings. The van der Waals surface area contributed by atoms with Crippen LogP contribution in [0.15, 0.2) is 17.4 Å². The predicted molar refractivity (Wildman–Crippen MR) is 72.4 cm³/mol. The Hall–Kier alpha value is -1.56. The molecule has 1 rings (SSSR count). The van der Waals surface area contributed by atoms with Crippen LogP contribution in [0.3, 0.4) is 0 Å². The Bertz CT molecular complexity index is 389. The Labute approximate surface area is 108 Å². The Kier molecular flexibility index (Phi) is 5.15. The number of aromatic nitrogens is 2. The zero-order valence-corrected chi connectivity index (χ0v) is 11.6. The van der Waals surface area contributed by atoms with Crippen LogP contribution in [0.4, 0.5) is 0 Å². The number of guanidine groups is 1. The van der Waals surface area contributed by atoms with Crippen molar-refractivity contribution in [1.29, 1.82) is 0 Å². The SMILES string of the molecule is CCNC(=NCC(C)(O)c1cnn(C)c1)NCC. The van der Waals surface area contributed by atoms with Gasteiger partial charge in [-0.3, -0.25) is 4.68 Å². The summed E-state index contributed by atoms with van der Waals surface area (Å²) < 4.78 is 1.67. The minimum absolute atomic E-state index is 0.286. The van der Waals surface area contributed by atoms with Crippen molar-refractivity contribution in [2.45, 2.75) is 26.4 Å². The maximum atomic E-state index is 10.4. The lowest BCUT2D eigenvalue weighted by atomic mass is 10.0. The fourth-order valence-corrected chi connectivity index (χ4v) is 1.53. The Balaban J connectivity index is 2.72. The fourth-order valence-electron chi connectivity index (χ4n) is 1.53. The largest absolute Gasteiger partial charge is 0.383 e. The van der Waals surface area contributed by atoms with Gasteiger partial charge in [-0.05, 0) is 20.8 Å². The third-order valence-electron chi connectivity index (χ3n) is 2.56. The summed E-state index contributed by atoms with van der Waals surface area (Å²) in [7, 11) is 1.82. The van der Waals surface area contributed by atoms with E-state index in [1.807, 2.05) is 20.9 Å². The second-order valence-corrected chi connectivity index (χ2v) is 4.40. The molecular formula is C12H23N5O. The summed E-state index contributed by atoms with van der Waals surface area (Å²) in [5.74, 6) is 0.712. The molecule has 0 radical (unpaired) electrons. The van der Waals surface area contributed by atoms with Crippen LogP contribution in [-0.2, 0) is 12.6 Å². The first kappa shape index (κ1) is 14.5. The fraction of sp³-hybridized carbons (Fsp3) is 0.667. The molecule has 0 spiro atoms. The number of rotatable bonds is 5. The van der Waals surface area contributed by atoms with Crippen molar-refractivity contribution in [2.24, 2.45) is 12.0 Å². The van der Waals surface area contributed by atoms with Gasteiger partial charge in [0.25, 0.3) is 0 Å². The molecule has 6 nitrogen and oxygen atoms in total. The van der Waals surface area contributed by atoms with Gasteiger partial charge in [-0.25, -0.2) is 4.99 Å². The molecule has 0 aliphatic heterocycles. The van der Waals surface area contributed by atoms with E-state index in [0.29, 0.717) is 5.96 Å². The summed E-state index contributed by atoms with van der Waals surface area (Å²) in [5.41, 5.74) is -0.245. The molecule has 1 aromatic heterocycles. The summed E-state index contributed by atoms with van der Waals surface area (Å²) >= 11 is 0. The van der Waals surface area contributed by atoms with Gasteiger partial charge >= 0.3 is 0 Å². The summed E-state index contributed by atoms with van der Waals surface area (Å²) in [6, 6.07) is 0. The summed E-state index contributed by atoms with van der Waals surface area (Å²) in [4.78, 5) is 4.37. The van der Waals surface area contributed by atoms with Crippen molar-refractivity contribution in [2.75, 3.05) is 19.6 Å². The van der Waals surface area contributed by atoms with E-state index in [2.05, 4.69) is 20.7 Å². The molecule has 0 aromatic carbocycles. The number of hydrogen-bond donors (Lipinski definition) is 3. The minimum Gasteiger partial charge on any atom is -0.383 e. The van der Waals surface area contributed by atoms with E-state index < -0.39 is 5.60 Å². The Morgan fingerprint density at radius 3 is 2.50 bits per heavy atom. The maximum Gasteiger partial charge on any atom is 0.191 e. The predicted octanol–water partition coefficient (Wildman–Crippen LogP) is 0.203. The normalized spacial score (nSPS) is 13.8. The maximum absolute atomic E-state index is 10.4. The number of nitrogens with zero attached hydrogens (tertiary/aromatic N) is 3. The van der Waals surface area contributed by atoms with Gasteiger partial charge < -0.3 is 15.7 Å². The number of nitrogens with one attached hydrogen (secondary N) is 2. The monoisotopic (exact) mass is 253 g/mol. The molecule has 18 heavy (non-hydrogen) atoms. The highest BCUT2D eigenvalue weighted by Crippen LogP contribution is 2.19. The van der Waals surface area contributed by atoms with Gasteiger partial charge in [0, 0.05) is 31.9 Å². The van der Waals surface area contributed by atoms with Crippen LogP contribution in [0, 0.1) is 0 Å². The lowest BCUT2D eigenvalue weighted by Crippen LogP contribution is -2.38. The summed E-state index contributed by atoms with van der Waals surface area (Å²) in [6.45, 7) is 7.62. The third kappa shape index (κ3) is 4.03. The number of hydrogen-bond acceptors (Lipinski definition) is 3. The topological polar surface area (TPSA) is 74.5 Å². The molecule has 1 heterocycles. The average molecular weight is 253 g/mol. The highest BCUT2D eigenvalue weighted by molar-refractivity contribution is 5.79. The molecule has 3 N–H and O–H groups in total. The van der Waals surface area contributed by atoms with Crippen molar-refractivity contribution in [3.05, 3.63) is 18.0 Å². The van der Waals surface area contributed by atoms with Crippen molar-refractivity contribution in [3.8, 4) is 0 Å². The van der Waals surface area contributed by atoms with Crippen LogP contribution in [0.5, 0.6) is 0 Å². The van der Waals surface area contributed by atoms with Crippen molar-refractivity contribution >= 4 is 5.96 Å². The molecule has 0 fully saturated rings. The Morgan fingerprint density at radius 1 is 1.44 bits per heavy atom. The lowest BCUT2D eigenvalue weighted by molar-refractivity contribution is 0.0672. The zero-order valence-electron chi connectivity index (χ0n) is 11.6. The van der Waals surface area contributed by atoms with E-state index in [4.69, 9.17) is 0 Å². The first-order valence-electron chi connectivity index (χ1n) is 6.23. The van der Waals surface area contributed by atoms with Crippen molar-refractivity contribution in [1.82, 2.24) is 20.4 Å². The van der Waals surface area contributed by atoms with Gasteiger partial charge in [-0.2, -0.15) is 5.10 Å². The van der Waals surface area contributed by atoms with Crippen LogP contribution in [0.1, 0.15) is 26.3 Å². The number of aryl methyl sites for hydroxylation is 1. The van der Waals surface area contributed by atoms with E-state index in [9.17, 15) is 5.11 Å². The minimum atomic E-state index is -1.01. The molecule has 1 atom stereocenters. The van der Waals surface area contributed by atoms with Gasteiger partial charge in [0.1, 0.15) is 5.60 Å². The van der Waals surface area contributed by atoms with E-state index in [0.717, 1.165) is 18.7 Å². The first-order chi connectivity index (χ1) is 8.49. The molecule has 102 valence electrons. The molecular weight excluding hydrogens is 230 g/mol. The van der Waals surface area contributed by atoms with Crippen LogP contribution in [0.25, 0.3) is 0 Å². The number of aliphatic hydroxyl groups is 1. The van der Waals surface area contributed by atoms with Gasteiger partial charge in [0.2, 0.25) is 0 Å². The lowest BCUT2D eigenvalue weighted by Gasteiger charge is -2.20. The van der Waals surface area contributed by atoms with Gasteiger partial charge in [0.05, 0.1) is 12.7 Å². The number of aliphatic imine (C=N–C) groups is 1. The van der Waals surface area contributed by atoms with E-state index >= 15 is 0 Å². The molecule has 0 aliphatic carbocycles. The second kappa shape index (κ2) is 6.39. The highest BCUT2D eigenvalue weighted by Gasteiger charge is 2.24. The van der Waals surface area contributed by atoms with Gasteiger partial charge in [-0.1, -0.05) is 0 Å². The molecule has 1 unspecified atom stereocenters. The molecule has 0 bridgehead atoms. The Morgan fingerprint density at radius 2 is 2.06 bits per heavy atom. The standard InChI is InChI=1S/C12H23N5O/c1-5-13-11(14-6-2)15-9-12(3,18)10-7-16-17(4)8-10/h7-8,18H,5-6,9H2,1-4H3,(H2,13,14,15). The molecule has 0 amide bonds.